The highest BCUT2D eigenvalue weighted by Gasteiger charge is 2.18. The Kier molecular flexibility index (Phi) is 4.18. The number of nitrogens with zero attached hydrogens (tertiary/aromatic N) is 2. The normalized spacial score (nSPS) is 18.1. The Hall–Kier alpha value is -1.31. The molecule has 0 amide bonds. The van der Waals surface area contributed by atoms with Gasteiger partial charge in [0.05, 0.1) is 12.7 Å². The monoisotopic (exact) mass is 232 g/mol. The highest BCUT2D eigenvalue weighted by molar-refractivity contribution is 5.13. The summed E-state index contributed by atoms with van der Waals surface area (Å²) in [5.74, 6) is 2.71. The van der Waals surface area contributed by atoms with Gasteiger partial charge < -0.3 is 5.32 Å². The first-order valence-electron chi connectivity index (χ1n) is 6.17. The summed E-state index contributed by atoms with van der Waals surface area (Å²) in [6, 6.07) is 0.610. The first kappa shape index (κ1) is 12.2. The van der Waals surface area contributed by atoms with Crippen molar-refractivity contribution in [3.63, 3.8) is 0 Å². The number of piperidine rings is 1. The summed E-state index contributed by atoms with van der Waals surface area (Å²) in [7, 11) is 0. The van der Waals surface area contributed by atoms with Crippen LogP contribution in [-0.2, 0) is 6.54 Å². The predicted molar refractivity (Wildman–Crippen MR) is 68.5 cm³/mol. The van der Waals surface area contributed by atoms with Crippen LogP contribution in [0.4, 0.5) is 0 Å². The number of hydrogen-bond donors (Lipinski definition) is 2. The first-order chi connectivity index (χ1) is 8.29. The van der Waals surface area contributed by atoms with Gasteiger partial charge in [-0.05, 0) is 19.8 Å². The van der Waals surface area contributed by atoms with Gasteiger partial charge in [-0.15, -0.1) is 6.42 Å². The van der Waals surface area contributed by atoms with Crippen LogP contribution in [-0.4, -0.2) is 40.8 Å². The number of aryl methyl sites for hydroxylation is 1. The Morgan fingerprint density at radius 2 is 2.35 bits per heavy atom. The molecule has 0 aliphatic carbocycles. The minimum Gasteiger partial charge on any atom is -0.310 e. The molecule has 92 valence electrons. The largest absolute Gasteiger partial charge is 0.310 e. The molecule has 0 radical (unpaired) electrons. The van der Waals surface area contributed by atoms with Crippen LogP contribution in [0.5, 0.6) is 0 Å². The maximum atomic E-state index is 5.32. The molecule has 2 N–H and O–H groups in total. The lowest BCUT2D eigenvalue weighted by Crippen LogP contribution is -2.42. The summed E-state index contributed by atoms with van der Waals surface area (Å²) in [6.07, 6.45) is 9.57. The van der Waals surface area contributed by atoms with Crippen LogP contribution >= 0.6 is 0 Å². The van der Waals surface area contributed by atoms with Gasteiger partial charge in [-0.3, -0.25) is 10.00 Å². The van der Waals surface area contributed by atoms with E-state index in [4.69, 9.17) is 6.42 Å². The number of nitrogens with one attached hydrogen (secondary N) is 2. The zero-order valence-electron chi connectivity index (χ0n) is 10.4. The molecule has 0 aromatic carbocycles. The quantitative estimate of drug-likeness (QED) is 0.758. The molecule has 1 aliphatic rings. The summed E-state index contributed by atoms with van der Waals surface area (Å²) in [6.45, 7) is 5.95. The number of H-pyrrole nitrogens is 1. The van der Waals surface area contributed by atoms with Gasteiger partial charge in [0.1, 0.15) is 0 Å². The van der Waals surface area contributed by atoms with Crippen molar-refractivity contribution in [2.75, 3.05) is 19.6 Å². The molecule has 17 heavy (non-hydrogen) atoms. The fourth-order valence-electron chi connectivity index (χ4n) is 2.23. The second-order valence-corrected chi connectivity index (χ2v) is 4.66. The van der Waals surface area contributed by atoms with Crippen LogP contribution in [0, 0.1) is 19.3 Å². The van der Waals surface area contributed by atoms with Gasteiger partial charge in [0.15, 0.2) is 0 Å². The fraction of sp³-hybridized carbons (Fsp3) is 0.615. The zero-order chi connectivity index (χ0) is 12.1. The van der Waals surface area contributed by atoms with E-state index in [1.807, 2.05) is 6.20 Å². The topological polar surface area (TPSA) is 44.0 Å². The molecule has 0 saturated carbocycles. The maximum Gasteiger partial charge on any atom is 0.0598 e. The third-order valence-corrected chi connectivity index (χ3v) is 3.42. The second kappa shape index (κ2) is 5.85. The van der Waals surface area contributed by atoms with E-state index in [0.29, 0.717) is 6.04 Å². The number of aromatic nitrogens is 2. The van der Waals surface area contributed by atoms with Crippen molar-refractivity contribution in [3.05, 3.63) is 17.5 Å². The lowest BCUT2D eigenvalue weighted by molar-refractivity contribution is 0.217. The standard InChI is InChI=1S/C13H20N4/c1-3-6-17-7-4-13(5-8-17)14-9-12-10-15-16-11(12)2/h1,10,13-14H,4-9H2,2H3,(H,15,16). The van der Waals surface area contributed by atoms with E-state index >= 15 is 0 Å². The van der Waals surface area contributed by atoms with Crippen LogP contribution in [0.25, 0.3) is 0 Å². The second-order valence-electron chi connectivity index (χ2n) is 4.66. The lowest BCUT2D eigenvalue weighted by atomic mass is 10.0. The highest BCUT2D eigenvalue weighted by Crippen LogP contribution is 2.11. The number of terminal acetylenes is 1. The van der Waals surface area contributed by atoms with E-state index in [9.17, 15) is 0 Å². The minimum absolute atomic E-state index is 0.610. The van der Waals surface area contributed by atoms with E-state index in [1.165, 1.54) is 18.4 Å². The van der Waals surface area contributed by atoms with Gasteiger partial charge >= 0.3 is 0 Å². The molecule has 2 heterocycles. The van der Waals surface area contributed by atoms with Crippen molar-refractivity contribution < 1.29 is 0 Å². The number of rotatable bonds is 4. The van der Waals surface area contributed by atoms with Gasteiger partial charge in [0, 0.05) is 36.9 Å². The van der Waals surface area contributed by atoms with E-state index in [1.54, 1.807) is 0 Å². The van der Waals surface area contributed by atoms with E-state index in [0.717, 1.165) is 31.9 Å². The van der Waals surface area contributed by atoms with Crippen LogP contribution in [0.1, 0.15) is 24.1 Å². The summed E-state index contributed by atoms with van der Waals surface area (Å²) in [4.78, 5) is 2.33. The summed E-state index contributed by atoms with van der Waals surface area (Å²) < 4.78 is 0. The van der Waals surface area contributed by atoms with Crippen LogP contribution in [0.3, 0.4) is 0 Å². The van der Waals surface area contributed by atoms with Crippen molar-refractivity contribution in [1.29, 1.82) is 0 Å². The van der Waals surface area contributed by atoms with Crippen LogP contribution in [0.2, 0.25) is 0 Å². The molecule has 1 aliphatic heterocycles. The van der Waals surface area contributed by atoms with Crippen LogP contribution in [0.15, 0.2) is 6.20 Å². The molecule has 0 bridgehead atoms. The Balaban J connectivity index is 1.72. The Morgan fingerprint density at radius 3 is 2.94 bits per heavy atom. The minimum atomic E-state index is 0.610. The molecular weight excluding hydrogens is 212 g/mol. The molecule has 1 aromatic heterocycles. The third-order valence-electron chi connectivity index (χ3n) is 3.42. The fourth-order valence-corrected chi connectivity index (χ4v) is 2.23. The van der Waals surface area contributed by atoms with Gasteiger partial charge in [0.2, 0.25) is 0 Å². The molecule has 0 spiro atoms. The molecule has 1 aromatic rings. The van der Waals surface area contributed by atoms with Crippen molar-refractivity contribution in [3.8, 4) is 12.3 Å². The number of aromatic amines is 1. The van der Waals surface area contributed by atoms with Gasteiger partial charge in [-0.2, -0.15) is 5.10 Å². The van der Waals surface area contributed by atoms with Gasteiger partial charge in [0.25, 0.3) is 0 Å². The number of likely N-dealkylation sites (tertiary alicyclic amines) is 1. The van der Waals surface area contributed by atoms with Crippen molar-refractivity contribution in [1.82, 2.24) is 20.4 Å². The molecule has 0 unspecified atom stereocenters. The van der Waals surface area contributed by atoms with E-state index < -0.39 is 0 Å². The average molecular weight is 232 g/mol. The van der Waals surface area contributed by atoms with Gasteiger partial charge in [-0.25, -0.2) is 0 Å². The smallest absolute Gasteiger partial charge is 0.0598 e. The number of hydrogen-bond acceptors (Lipinski definition) is 3. The zero-order valence-corrected chi connectivity index (χ0v) is 10.4. The first-order valence-corrected chi connectivity index (χ1v) is 6.17. The molecule has 2 rings (SSSR count). The molecule has 0 atom stereocenters. The lowest BCUT2D eigenvalue weighted by Gasteiger charge is -2.31. The highest BCUT2D eigenvalue weighted by atomic mass is 15.1. The predicted octanol–water partition coefficient (Wildman–Crippen LogP) is 0.905. The summed E-state index contributed by atoms with van der Waals surface area (Å²) in [5.41, 5.74) is 2.42. The summed E-state index contributed by atoms with van der Waals surface area (Å²) >= 11 is 0. The van der Waals surface area contributed by atoms with Crippen molar-refractivity contribution in [2.45, 2.75) is 32.4 Å². The van der Waals surface area contributed by atoms with Gasteiger partial charge in [-0.1, -0.05) is 5.92 Å². The van der Waals surface area contributed by atoms with Crippen molar-refractivity contribution in [2.24, 2.45) is 0 Å². The maximum absolute atomic E-state index is 5.32. The van der Waals surface area contributed by atoms with E-state index in [2.05, 4.69) is 33.3 Å². The Morgan fingerprint density at radius 1 is 1.59 bits per heavy atom. The molecule has 4 nitrogen and oxygen atoms in total. The van der Waals surface area contributed by atoms with Crippen LogP contribution < -0.4 is 5.32 Å². The SMILES string of the molecule is C#CCN1CCC(NCc2cn[nH]c2C)CC1. The molecular formula is C13H20N4. The molecule has 1 fully saturated rings. The Labute approximate surface area is 103 Å². The van der Waals surface area contributed by atoms with Crippen molar-refractivity contribution >= 4 is 0 Å². The average Bonchev–Trinajstić information content (AvgIpc) is 2.75. The molecule has 4 heteroatoms. The third kappa shape index (κ3) is 3.32. The summed E-state index contributed by atoms with van der Waals surface area (Å²) in [5, 5.41) is 10.6. The molecule has 1 saturated heterocycles. The Bertz CT molecular complexity index is 382. The van der Waals surface area contributed by atoms with E-state index in [-0.39, 0.29) is 0 Å².